The zero-order valence-corrected chi connectivity index (χ0v) is 12.7. The van der Waals surface area contributed by atoms with Crippen LogP contribution < -0.4 is 10.0 Å². The standard InChI is InChI=1S/C13H19FN2O4S/c1-10(13(17)15-8-3-9-20-2)16-21(18,19)12-6-4-11(14)5-7-12/h4-7,10,16H,3,8-9H2,1-2H3,(H,15,17). The third-order valence-corrected chi connectivity index (χ3v) is 4.23. The number of benzene rings is 1. The number of halogens is 1. The highest BCUT2D eigenvalue weighted by Crippen LogP contribution is 2.10. The van der Waals surface area contributed by atoms with E-state index < -0.39 is 27.8 Å². The van der Waals surface area contributed by atoms with Gasteiger partial charge in [-0.05, 0) is 37.6 Å². The van der Waals surface area contributed by atoms with Crippen LogP contribution in [0.4, 0.5) is 4.39 Å². The van der Waals surface area contributed by atoms with Crippen molar-refractivity contribution >= 4 is 15.9 Å². The lowest BCUT2D eigenvalue weighted by atomic mass is 10.3. The summed E-state index contributed by atoms with van der Waals surface area (Å²) >= 11 is 0. The van der Waals surface area contributed by atoms with Gasteiger partial charge in [0.15, 0.2) is 0 Å². The van der Waals surface area contributed by atoms with Crippen molar-refractivity contribution in [2.24, 2.45) is 0 Å². The maximum atomic E-state index is 12.8. The van der Waals surface area contributed by atoms with Crippen LogP contribution in [-0.4, -0.2) is 40.6 Å². The Morgan fingerprint density at radius 2 is 1.95 bits per heavy atom. The molecule has 0 saturated carbocycles. The number of hydrogen-bond donors (Lipinski definition) is 2. The van der Waals surface area contributed by atoms with Crippen LogP contribution in [0.5, 0.6) is 0 Å². The van der Waals surface area contributed by atoms with Crippen LogP contribution in [0.25, 0.3) is 0 Å². The molecular weight excluding hydrogens is 299 g/mol. The maximum Gasteiger partial charge on any atom is 0.241 e. The normalized spacial score (nSPS) is 12.9. The van der Waals surface area contributed by atoms with E-state index in [9.17, 15) is 17.6 Å². The summed E-state index contributed by atoms with van der Waals surface area (Å²) in [6, 6.07) is 3.44. The van der Waals surface area contributed by atoms with E-state index in [1.54, 1.807) is 7.11 Å². The number of hydrogen-bond acceptors (Lipinski definition) is 4. The predicted molar refractivity (Wildman–Crippen MR) is 75.7 cm³/mol. The van der Waals surface area contributed by atoms with E-state index >= 15 is 0 Å². The molecule has 0 saturated heterocycles. The second-order valence-electron chi connectivity index (χ2n) is 4.43. The lowest BCUT2D eigenvalue weighted by Gasteiger charge is -2.14. The first-order chi connectivity index (χ1) is 9.86. The van der Waals surface area contributed by atoms with Crippen LogP contribution in [0.2, 0.25) is 0 Å². The highest BCUT2D eigenvalue weighted by molar-refractivity contribution is 7.89. The van der Waals surface area contributed by atoms with Crippen molar-refractivity contribution in [2.75, 3.05) is 20.3 Å². The van der Waals surface area contributed by atoms with E-state index in [0.29, 0.717) is 19.6 Å². The molecule has 0 fully saturated rings. The number of amides is 1. The van der Waals surface area contributed by atoms with Gasteiger partial charge in [-0.3, -0.25) is 4.79 Å². The molecule has 6 nitrogen and oxygen atoms in total. The monoisotopic (exact) mass is 318 g/mol. The number of carbonyl (C=O) groups is 1. The van der Waals surface area contributed by atoms with Crippen LogP contribution >= 0.6 is 0 Å². The Bertz CT molecular complexity index is 560. The van der Waals surface area contributed by atoms with Crippen molar-refractivity contribution in [3.8, 4) is 0 Å². The Kier molecular flexibility index (Phi) is 6.73. The minimum atomic E-state index is -3.86. The molecule has 8 heteroatoms. The van der Waals surface area contributed by atoms with Gasteiger partial charge in [0.2, 0.25) is 15.9 Å². The molecule has 0 aliphatic heterocycles. The first-order valence-electron chi connectivity index (χ1n) is 6.41. The van der Waals surface area contributed by atoms with Gasteiger partial charge in [-0.2, -0.15) is 4.72 Å². The van der Waals surface area contributed by atoms with Crippen LogP contribution in [0.3, 0.4) is 0 Å². The van der Waals surface area contributed by atoms with Crippen LogP contribution in [-0.2, 0) is 19.6 Å². The van der Waals surface area contributed by atoms with Crippen molar-refractivity contribution in [3.05, 3.63) is 30.1 Å². The van der Waals surface area contributed by atoms with Gasteiger partial charge < -0.3 is 10.1 Å². The number of ether oxygens (including phenoxy) is 1. The molecule has 1 amide bonds. The number of carbonyl (C=O) groups excluding carboxylic acids is 1. The van der Waals surface area contributed by atoms with Gasteiger partial charge in [0.1, 0.15) is 5.82 Å². The molecule has 1 aromatic rings. The molecule has 0 spiro atoms. The third-order valence-electron chi connectivity index (χ3n) is 2.67. The van der Waals surface area contributed by atoms with Gasteiger partial charge in [0.05, 0.1) is 10.9 Å². The summed E-state index contributed by atoms with van der Waals surface area (Å²) < 4.78 is 43.9. The Hall–Kier alpha value is -1.51. The average Bonchev–Trinajstić information content (AvgIpc) is 2.43. The molecule has 1 aromatic carbocycles. The minimum Gasteiger partial charge on any atom is -0.385 e. The molecule has 0 aliphatic rings. The predicted octanol–water partition coefficient (Wildman–Crippen LogP) is 0.645. The summed E-state index contributed by atoms with van der Waals surface area (Å²) in [7, 11) is -2.30. The van der Waals surface area contributed by atoms with Gasteiger partial charge >= 0.3 is 0 Å². The molecule has 0 heterocycles. The zero-order valence-electron chi connectivity index (χ0n) is 11.9. The highest BCUT2D eigenvalue weighted by Gasteiger charge is 2.21. The molecule has 0 aromatic heterocycles. The molecule has 118 valence electrons. The molecule has 2 N–H and O–H groups in total. The lowest BCUT2D eigenvalue weighted by Crippen LogP contribution is -2.45. The van der Waals surface area contributed by atoms with Crippen molar-refractivity contribution in [1.82, 2.24) is 10.0 Å². The van der Waals surface area contributed by atoms with E-state index in [-0.39, 0.29) is 4.90 Å². The summed E-state index contributed by atoms with van der Waals surface area (Å²) in [6.45, 7) is 2.35. The van der Waals surface area contributed by atoms with Crippen LogP contribution in [0, 0.1) is 5.82 Å². The SMILES string of the molecule is COCCCNC(=O)C(C)NS(=O)(=O)c1ccc(F)cc1. The summed E-state index contributed by atoms with van der Waals surface area (Å²) in [5.41, 5.74) is 0. The van der Waals surface area contributed by atoms with Gasteiger partial charge in [-0.1, -0.05) is 0 Å². The number of rotatable bonds is 8. The van der Waals surface area contributed by atoms with E-state index in [1.165, 1.54) is 6.92 Å². The topological polar surface area (TPSA) is 84.5 Å². The quantitative estimate of drug-likeness (QED) is 0.689. The fraction of sp³-hybridized carbons (Fsp3) is 0.462. The maximum absolute atomic E-state index is 12.8. The summed E-state index contributed by atoms with van der Waals surface area (Å²) in [6.07, 6.45) is 0.639. The fourth-order valence-electron chi connectivity index (χ4n) is 1.55. The van der Waals surface area contributed by atoms with E-state index in [4.69, 9.17) is 4.74 Å². The average molecular weight is 318 g/mol. The van der Waals surface area contributed by atoms with Crippen molar-refractivity contribution in [3.63, 3.8) is 0 Å². The lowest BCUT2D eigenvalue weighted by molar-refractivity contribution is -0.122. The number of sulfonamides is 1. The van der Waals surface area contributed by atoms with Gasteiger partial charge in [0, 0.05) is 20.3 Å². The minimum absolute atomic E-state index is 0.0945. The molecule has 0 radical (unpaired) electrons. The van der Waals surface area contributed by atoms with Gasteiger partial charge in [-0.25, -0.2) is 12.8 Å². The van der Waals surface area contributed by atoms with Gasteiger partial charge in [-0.15, -0.1) is 0 Å². The number of methoxy groups -OCH3 is 1. The van der Waals surface area contributed by atoms with Crippen molar-refractivity contribution < 1.29 is 22.3 Å². The van der Waals surface area contributed by atoms with E-state index in [0.717, 1.165) is 24.3 Å². The molecule has 21 heavy (non-hydrogen) atoms. The molecular formula is C13H19FN2O4S. The van der Waals surface area contributed by atoms with E-state index in [2.05, 4.69) is 10.0 Å². The number of nitrogens with one attached hydrogen (secondary N) is 2. The summed E-state index contributed by atoms with van der Waals surface area (Å²) in [5, 5.41) is 2.59. The van der Waals surface area contributed by atoms with E-state index in [1.807, 2.05) is 0 Å². The third kappa shape index (κ3) is 5.78. The largest absolute Gasteiger partial charge is 0.385 e. The zero-order chi connectivity index (χ0) is 15.9. The summed E-state index contributed by atoms with van der Waals surface area (Å²) in [4.78, 5) is 11.6. The van der Waals surface area contributed by atoms with Crippen LogP contribution in [0.1, 0.15) is 13.3 Å². The van der Waals surface area contributed by atoms with Crippen molar-refractivity contribution in [2.45, 2.75) is 24.3 Å². The molecule has 1 rings (SSSR count). The molecule has 0 aliphatic carbocycles. The molecule has 1 atom stereocenters. The highest BCUT2D eigenvalue weighted by atomic mass is 32.2. The smallest absolute Gasteiger partial charge is 0.241 e. The fourth-order valence-corrected chi connectivity index (χ4v) is 2.75. The first-order valence-corrected chi connectivity index (χ1v) is 7.89. The Labute approximate surface area is 123 Å². The second kappa shape index (κ2) is 8.06. The Morgan fingerprint density at radius 1 is 1.33 bits per heavy atom. The Balaban J connectivity index is 2.58. The molecule has 0 bridgehead atoms. The second-order valence-corrected chi connectivity index (χ2v) is 6.15. The first kappa shape index (κ1) is 17.5. The van der Waals surface area contributed by atoms with Crippen LogP contribution in [0.15, 0.2) is 29.2 Å². The molecule has 1 unspecified atom stereocenters. The Morgan fingerprint density at radius 3 is 2.52 bits per heavy atom. The summed E-state index contributed by atoms with van der Waals surface area (Å²) in [5.74, 6) is -0.963. The van der Waals surface area contributed by atoms with Gasteiger partial charge in [0.25, 0.3) is 0 Å². The van der Waals surface area contributed by atoms with Crippen molar-refractivity contribution in [1.29, 1.82) is 0 Å².